The molecule has 0 bridgehead atoms. The van der Waals surface area contributed by atoms with Gasteiger partial charge >= 0.3 is 119 Å². The molecule has 0 aliphatic rings. The maximum absolute atomic E-state index is 8.72. The van der Waals surface area contributed by atoms with Crippen molar-refractivity contribution in [2.75, 3.05) is 13.1 Å². The topological polar surface area (TPSA) is 86.7 Å². The summed E-state index contributed by atoms with van der Waals surface area (Å²) in [5, 5.41) is 0. The van der Waals surface area contributed by atoms with Gasteiger partial charge in [0.15, 0.2) is 0 Å². The summed E-state index contributed by atoms with van der Waals surface area (Å²) in [7, 11) is 0. The number of hydrogen-bond donors (Lipinski definition) is 1. The van der Waals surface area contributed by atoms with Crippen LogP contribution in [0.1, 0.15) is 13.8 Å². The van der Waals surface area contributed by atoms with Crippen molar-refractivity contribution >= 4 is 43.7 Å². The van der Waals surface area contributed by atoms with Crippen molar-refractivity contribution in [2.24, 2.45) is 0 Å². The predicted molar refractivity (Wildman–Crippen MR) is 51.5 cm³/mol. The van der Waals surface area contributed by atoms with Crippen LogP contribution in [0.25, 0.3) is 0 Å². The van der Waals surface area contributed by atoms with E-state index in [1.165, 1.54) is 0 Å². The van der Waals surface area contributed by atoms with Gasteiger partial charge in [0.25, 0.3) is 0 Å². The monoisotopic (exact) mass is 357 g/mol. The Morgan fingerprint density at radius 2 is 1.50 bits per heavy atom. The summed E-state index contributed by atoms with van der Waals surface area (Å²) < 4.78 is 33.8. The zero-order valence-corrected chi connectivity index (χ0v) is 19.8. The van der Waals surface area contributed by atoms with Crippen molar-refractivity contribution in [1.82, 2.24) is 4.90 Å². The first-order valence-corrected chi connectivity index (χ1v) is 7.38. The van der Waals surface area contributed by atoms with Crippen LogP contribution in [-0.2, 0) is 16.4 Å². The zero-order valence-electron chi connectivity index (χ0n) is 10.3. The van der Waals surface area contributed by atoms with Crippen molar-refractivity contribution in [3.05, 3.63) is 0 Å². The van der Waals surface area contributed by atoms with E-state index in [0.29, 0.717) is 4.32 Å². The predicted octanol–water partition coefficient (Wildman–Crippen LogP) is -11.3. The molecule has 80 valence electrons. The number of nitrogens with zero attached hydrogens (tertiary/aromatic N) is 1. The molecular weight excluding hydrogens is 346 g/mol. The Morgan fingerprint density at radius 3 is 1.50 bits per heavy atom. The molecule has 16 heavy (non-hydrogen) atoms. The van der Waals surface area contributed by atoms with Crippen LogP contribution < -0.4 is 96.9 Å². The molecule has 0 aliphatic heterocycles. The quantitative estimate of drug-likeness (QED) is 0.298. The van der Waals surface area contributed by atoms with E-state index in [9.17, 15) is 0 Å². The first kappa shape index (κ1) is 31.6. The van der Waals surface area contributed by atoms with Gasteiger partial charge in [0, 0.05) is 13.1 Å². The molecule has 0 atom stereocenters. The van der Waals surface area contributed by atoms with Crippen molar-refractivity contribution in [3.63, 3.8) is 0 Å². The molecule has 1 N–H and O–H groups in total. The SMILES string of the molecule is CCN(CC)C(=S)[S-].O=[As]([O-])([O-])O.[Na+].[Na+].[Na+]. The smallest absolute Gasteiger partial charge is 1.00 e. The molecule has 0 radical (unpaired) electrons. The van der Waals surface area contributed by atoms with Gasteiger partial charge in [-0.3, -0.25) is 0 Å². The molecule has 0 unspecified atom stereocenters. The van der Waals surface area contributed by atoms with E-state index < -0.39 is 14.5 Å². The third-order valence-electron chi connectivity index (χ3n) is 1.02. The summed E-state index contributed by atoms with van der Waals surface area (Å²) in [4.78, 5) is 1.96. The minimum absolute atomic E-state index is 0. The van der Waals surface area contributed by atoms with Crippen LogP contribution in [-0.4, -0.2) is 40.9 Å². The van der Waals surface area contributed by atoms with Crippen LogP contribution in [0.3, 0.4) is 0 Å². The average Bonchev–Trinajstić information content (AvgIpc) is 1.85. The summed E-state index contributed by atoms with van der Waals surface area (Å²) in [5.41, 5.74) is 0. The van der Waals surface area contributed by atoms with Gasteiger partial charge in [-0.1, -0.05) is 4.32 Å². The van der Waals surface area contributed by atoms with E-state index in [0.717, 1.165) is 13.1 Å². The first-order valence-electron chi connectivity index (χ1n) is 3.43. The Bertz CT molecular complexity index is 194. The molecule has 0 saturated heterocycles. The van der Waals surface area contributed by atoms with Crippen LogP contribution >= 0.6 is 12.2 Å². The number of thiocarbonyl (C=S) groups is 1. The normalized spacial score (nSPS) is 8.06. The van der Waals surface area contributed by atoms with Crippen LogP contribution in [0, 0.1) is 0 Å². The second-order valence-electron chi connectivity index (χ2n) is 1.91. The summed E-state index contributed by atoms with van der Waals surface area (Å²) in [5.74, 6) is 0. The molecule has 0 saturated carbocycles. The maximum atomic E-state index is 8.72. The second kappa shape index (κ2) is 18.3. The Balaban J connectivity index is -0.0000000454. The van der Waals surface area contributed by atoms with E-state index in [-0.39, 0.29) is 88.7 Å². The van der Waals surface area contributed by atoms with Gasteiger partial charge in [-0.15, -0.1) is 0 Å². The summed E-state index contributed by atoms with van der Waals surface area (Å²) in [6.45, 7) is 5.95. The molecule has 11 heteroatoms. The van der Waals surface area contributed by atoms with Crippen molar-refractivity contribution < 1.29 is 105 Å². The third kappa shape index (κ3) is 36.0. The van der Waals surface area contributed by atoms with E-state index >= 15 is 0 Å². The third-order valence-corrected chi connectivity index (χ3v) is 1.54. The van der Waals surface area contributed by atoms with Crippen molar-refractivity contribution in [1.29, 1.82) is 0 Å². The van der Waals surface area contributed by atoms with E-state index in [1.54, 1.807) is 0 Å². The molecule has 0 aromatic rings. The maximum Gasteiger partial charge on any atom is 1.00 e. The van der Waals surface area contributed by atoms with Crippen LogP contribution in [0.5, 0.6) is 0 Å². The Morgan fingerprint density at radius 1 is 1.31 bits per heavy atom. The molecule has 5 nitrogen and oxygen atoms in total. The number of rotatable bonds is 2. The van der Waals surface area contributed by atoms with Gasteiger partial charge in [-0.25, -0.2) is 0 Å². The Hall–Kier alpha value is 3.35. The zero-order chi connectivity index (χ0) is 11.1. The number of hydrogen-bond acceptors (Lipinski definition) is 5. The van der Waals surface area contributed by atoms with E-state index in [1.807, 2.05) is 18.7 Å². The molecule has 0 heterocycles. The molecule has 0 aromatic carbocycles. The molecule has 0 amide bonds. The fourth-order valence-electron chi connectivity index (χ4n) is 0.482. The van der Waals surface area contributed by atoms with Gasteiger partial charge in [0.1, 0.15) is 0 Å². The van der Waals surface area contributed by atoms with Gasteiger partial charge in [-0.2, -0.15) is 0 Å². The Kier molecular flexibility index (Phi) is 36.3. The second-order valence-corrected chi connectivity index (χ2v) is 4.90. The van der Waals surface area contributed by atoms with Crippen LogP contribution in [0.15, 0.2) is 0 Å². The molecule has 0 rings (SSSR count). The fraction of sp³-hybridized carbons (Fsp3) is 0.800. The van der Waals surface area contributed by atoms with Gasteiger partial charge in [0.05, 0.1) is 0 Å². The summed E-state index contributed by atoms with van der Waals surface area (Å²) >= 11 is 3.89. The average molecular weight is 357 g/mol. The first-order chi connectivity index (χ1) is 5.72. The van der Waals surface area contributed by atoms with Crippen LogP contribution in [0.4, 0.5) is 0 Å². The fourth-order valence-corrected chi connectivity index (χ4v) is 0.998. The van der Waals surface area contributed by atoms with Gasteiger partial charge < -0.3 is 29.7 Å². The molecule has 0 fully saturated rings. The molecule has 0 aromatic heterocycles. The Labute approximate surface area is 177 Å². The molecule has 0 aliphatic carbocycles. The molecular formula is C5H11AsNNa3O4S2. The van der Waals surface area contributed by atoms with Crippen LogP contribution in [0.2, 0.25) is 0 Å². The van der Waals surface area contributed by atoms with E-state index in [4.69, 9.17) is 40.9 Å². The standard InChI is InChI=1S/C5H11NS2.AsH3O4.3Na/c1-3-6(4-2)5(7)8;2-1(3,4)5;;;/h3-4H2,1-2H3,(H,7,8);(H3,2,3,4,5);;;/q;;3*+1/p-3. The summed E-state index contributed by atoms with van der Waals surface area (Å²) in [6.07, 6.45) is 0. The van der Waals surface area contributed by atoms with E-state index in [2.05, 4.69) is 0 Å². The van der Waals surface area contributed by atoms with Gasteiger partial charge in [-0.05, 0) is 13.8 Å². The minimum Gasteiger partial charge on any atom is 1.00 e. The molecule has 0 spiro atoms. The minimum atomic E-state index is -5.62. The van der Waals surface area contributed by atoms with Crippen molar-refractivity contribution in [3.8, 4) is 0 Å². The largest absolute Gasteiger partial charge is 1.00 e. The van der Waals surface area contributed by atoms with Crippen molar-refractivity contribution in [2.45, 2.75) is 13.8 Å². The van der Waals surface area contributed by atoms with Gasteiger partial charge in [0.2, 0.25) is 0 Å². The summed E-state index contributed by atoms with van der Waals surface area (Å²) in [6, 6.07) is 0.